The molecule has 2 fully saturated rings. The molecule has 7 nitrogen and oxygen atoms in total. The summed E-state index contributed by atoms with van der Waals surface area (Å²) in [4.78, 5) is 14.0. The molecule has 6 rings (SSSR count). The molecule has 0 amide bonds. The molecule has 0 radical (unpaired) electrons. The van der Waals surface area contributed by atoms with Gasteiger partial charge in [-0.2, -0.15) is 0 Å². The number of aromatic nitrogens is 1. The lowest BCUT2D eigenvalue weighted by Gasteiger charge is -2.46. The third-order valence-corrected chi connectivity index (χ3v) is 9.98. The van der Waals surface area contributed by atoms with Crippen molar-refractivity contribution in [3.05, 3.63) is 64.5 Å². The Labute approximate surface area is 255 Å². The number of aliphatic carboxylic acids is 1. The van der Waals surface area contributed by atoms with Crippen molar-refractivity contribution in [1.82, 2.24) is 10.1 Å². The minimum Gasteiger partial charge on any atom is -0.487 e. The molecule has 236 valence electrons. The Morgan fingerprint density at radius 2 is 1.82 bits per heavy atom. The minimum absolute atomic E-state index is 0.0312. The van der Waals surface area contributed by atoms with Crippen LogP contribution in [0.5, 0.6) is 11.5 Å². The van der Waals surface area contributed by atoms with Crippen molar-refractivity contribution in [2.75, 3.05) is 13.1 Å². The summed E-state index contributed by atoms with van der Waals surface area (Å²) >= 11 is 0. The van der Waals surface area contributed by atoms with E-state index in [2.05, 4.69) is 33.0 Å². The van der Waals surface area contributed by atoms with Crippen molar-refractivity contribution in [1.29, 1.82) is 0 Å². The van der Waals surface area contributed by atoms with E-state index in [1.54, 1.807) is 26.0 Å². The Morgan fingerprint density at radius 1 is 1.09 bits per heavy atom. The van der Waals surface area contributed by atoms with Gasteiger partial charge in [0.15, 0.2) is 0 Å². The summed E-state index contributed by atoms with van der Waals surface area (Å²) in [6, 6.07) is 10.6. The molecule has 2 aromatic carbocycles. The Bertz CT molecular complexity index is 1520. The highest BCUT2D eigenvalue weighted by Gasteiger charge is 2.43. The van der Waals surface area contributed by atoms with Gasteiger partial charge in [-0.15, -0.1) is 13.2 Å². The van der Waals surface area contributed by atoms with Crippen LogP contribution in [0.3, 0.4) is 0 Å². The van der Waals surface area contributed by atoms with Gasteiger partial charge >= 0.3 is 12.3 Å². The number of piperidine rings is 1. The summed E-state index contributed by atoms with van der Waals surface area (Å²) in [6.07, 6.45) is 0.493. The van der Waals surface area contributed by atoms with E-state index in [0.29, 0.717) is 36.0 Å². The van der Waals surface area contributed by atoms with E-state index in [1.807, 2.05) is 13.8 Å². The Balaban J connectivity index is 1.21. The molecule has 3 heterocycles. The second-order valence-electron chi connectivity index (χ2n) is 12.9. The average Bonchev–Trinajstić information content (AvgIpc) is 3.75. The van der Waals surface area contributed by atoms with Gasteiger partial charge in [-0.3, -0.25) is 9.69 Å². The highest BCUT2D eigenvalue weighted by atomic mass is 19.4. The average molecular weight is 613 g/mol. The van der Waals surface area contributed by atoms with Gasteiger partial charge in [0.05, 0.1) is 11.6 Å². The quantitative estimate of drug-likeness (QED) is 0.276. The number of aryl methyl sites for hydroxylation is 3. The van der Waals surface area contributed by atoms with E-state index >= 15 is 0 Å². The summed E-state index contributed by atoms with van der Waals surface area (Å²) in [5.74, 6) is 0.345. The van der Waals surface area contributed by atoms with Gasteiger partial charge < -0.3 is 19.1 Å². The van der Waals surface area contributed by atoms with Gasteiger partial charge in [0, 0.05) is 30.3 Å². The first kappa shape index (κ1) is 30.5. The van der Waals surface area contributed by atoms with E-state index in [1.165, 1.54) is 6.07 Å². The monoisotopic (exact) mass is 612 g/mol. The van der Waals surface area contributed by atoms with Crippen LogP contribution in [-0.4, -0.2) is 46.2 Å². The number of halogens is 3. The first-order valence-corrected chi connectivity index (χ1v) is 15.5. The molecular formula is C34H39F3N2O5. The number of likely N-dealkylation sites (tertiary alicyclic amines) is 1. The zero-order valence-corrected chi connectivity index (χ0v) is 25.5. The lowest BCUT2D eigenvalue weighted by atomic mass is 9.80. The Kier molecular flexibility index (Phi) is 7.93. The van der Waals surface area contributed by atoms with E-state index in [4.69, 9.17) is 9.26 Å². The number of ether oxygens (including phenoxy) is 2. The standard InChI is InChI=1S/C34H39F3N2O5/c1-19(32(40)41)30(24-6-7-24)26-8-5-23-11-12-33(42-29(23)18-26)13-15-39(16-14-33)21(3)27-17-25(31-20(2)38-44-22(31)4)9-10-28(27)43-34(35,36)37/h5,8-10,17-19,21,24,30H,6-7,11-16H2,1-4H3,(H,40,41)/t19-,21?,30?/m0/s1. The van der Waals surface area contributed by atoms with Gasteiger partial charge in [-0.05, 0) is 106 Å². The third kappa shape index (κ3) is 6.05. The van der Waals surface area contributed by atoms with E-state index < -0.39 is 18.2 Å². The first-order chi connectivity index (χ1) is 20.8. The minimum atomic E-state index is -4.81. The SMILES string of the molecule is Cc1noc(C)c1-c1ccc(OC(F)(F)F)c(C(C)N2CCC3(CCc4ccc(C(C5CC5)[C@H](C)C(=O)O)cc4O3)CC2)c1. The molecule has 1 spiro atoms. The number of carboxylic acid groups (broad SMARTS) is 1. The molecule has 3 atom stereocenters. The van der Waals surface area contributed by atoms with Crippen LogP contribution in [0.1, 0.15) is 86.1 Å². The molecule has 1 aromatic heterocycles. The number of rotatable bonds is 8. The molecule has 0 bridgehead atoms. The number of hydrogen-bond acceptors (Lipinski definition) is 6. The summed E-state index contributed by atoms with van der Waals surface area (Å²) < 4.78 is 56.7. The first-order valence-electron chi connectivity index (χ1n) is 15.5. The highest BCUT2D eigenvalue weighted by molar-refractivity contribution is 5.71. The van der Waals surface area contributed by atoms with Gasteiger partial charge in [0.25, 0.3) is 0 Å². The van der Waals surface area contributed by atoms with E-state index in [-0.39, 0.29) is 23.3 Å². The predicted octanol–water partition coefficient (Wildman–Crippen LogP) is 7.99. The molecule has 1 N–H and O–H groups in total. The lowest BCUT2D eigenvalue weighted by Crippen LogP contribution is -2.50. The molecule has 10 heteroatoms. The van der Waals surface area contributed by atoms with Gasteiger partial charge in [0.1, 0.15) is 22.9 Å². The molecule has 2 unspecified atom stereocenters. The second kappa shape index (κ2) is 11.4. The second-order valence-corrected chi connectivity index (χ2v) is 12.9. The zero-order valence-electron chi connectivity index (χ0n) is 25.5. The van der Waals surface area contributed by atoms with Crippen molar-refractivity contribution in [2.24, 2.45) is 11.8 Å². The van der Waals surface area contributed by atoms with Gasteiger partial charge in [-0.25, -0.2) is 0 Å². The van der Waals surface area contributed by atoms with Crippen LogP contribution >= 0.6 is 0 Å². The fraction of sp³-hybridized carbons (Fsp3) is 0.529. The number of carboxylic acids is 1. The number of fused-ring (bicyclic) bond motifs is 1. The highest BCUT2D eigenvalue weighted by Crippen LogP contribution is 2.49. The van der Waals surface area contributed by atoms with E-state index in [9.17, 15) is 23.1 Å². The molecule has 2 aliphatic heterocycles. The summed E-state index contributed by atoms with van der Waals surface area (Å²) in [5, 5.41) is 13.7. The largest absolute Gasteiger partial charge is 0.573 e. The number of alkyl halides is 3. The number of hydrogen-bond donors (Lipinski definition) is 1. The number of benzene rings is 2. The molecule has 1 saturated carbocycles. The molecule has 3 aliphatic rings. The van der Waals surface area contributed by atoms with E-state index in [0.717, 1.165) is 66.5 Å². The van der Waals surface area contributed by atoms with Crippen LogP contribution in [0.15, 0.2) is 40.9 Å². The lowest BCUT2D eigenvalue weighted by molar-refractivity contribution is -0.275. The predicted molar refractivity (Wildman–Crippen MR) is 158 cm³/mol. The fourth-order valence-electron chi connectivity index (χ4n) is 7.32. The fourth-order valence-corrected chi connectivity index (χ4v) is 7.32. The van der Waals surface area contributed by atoms with Crippen LogP contribution < -0.4 is 9.47 Å². The topological polar surface area (TPSA) is 85.0 Å². The van der Waals surface area contributed by atoms with Crippen LogP contribution in [0, 0.1) is 25.7 Å². The maximum absolute atomic E-state index is 13.4. The maximum Gasteiger partial charge on any atom is 0.573 e. The normalized spacial score (nSPS) is 20.4. The molecular weight excluding hydrogens is 573 g/mol. The molecule has 44 heavy (non-hydrogen) atoms. The maximum atomic E-state index is 13.4. The van der Waals surface area contributed by atoms with Crippen molar-refractivity contribution in [3.8, 4) is 22.6 Å². The Hall–Kier alpha value is -3.53. The molecule has 3 aromatic rings. The van der Waals surface area contributed by atoms with Crippen LogP contribution in [-0.2, 0) is 11.2 Å². The van der Waals surface area contributed by atoms with Gasteiger partial charge in [0.2, 0.25) is 0 Å². The van der Waals surface area contributed by atoms with Gasteiger partial charge in [-0.1, -0.05) is 30.3 Å². The smallest absolute Gasteiger partial charge is 0.487 e. The zero-order chi connectivity index (χ0) is 31.4. The van der Waals surface area contributed by atoms with Crippen LogP contribution in [0.4, 0.5) is 13.2 Å². The Morgan fingerprint density at radius 3 is 2.43 bits per heavy atom. The number of nitrogens with zero attached hydrogens (tertiary/aromatic N) is 2. The summed E-state index contributed by atoms with van der Waals surface area (Å²) in [5.41, 5.74) is 4.43. The third-order valence-electron chi connectivity index (χ3n) is 9.98. The van der Waals surface area contributed by atoms with Crippen molar-refractivity contribution >= 4 is 5.97 Å². The molecule has 1 aliphatic carbocycles. The summed E-state index contributed by atoms with van der Waals surface area (Å²) in [6.45, 7) is 8.60. The van der Waals surface area contributed by atoms with Crippen molar-refractivity contribution in [3.63, 3.8) is 0 Å². The molecule has 1 saturated heterocycles. The van der Waals surface area contributed by atoms with Crippen molar-refractivity contribution < 1.29 is 37.1 Å². The van der Waals surface area contributed by atoms with Crippen molar-refractivity contribution in [2.45, 2.75) is 90.1 Å². The van der Waals surface area contributed by atoms with Crippen LogP contribution in [0.25, 0.3) is 11.1 Å². The summed E-state index contributed by atoms with van der Waals surface area (Å²) in [7, 11) is 0. The van der Waals surface area contributed by atoms with Crippen LogP contribution in [0.2, 0.25) is 0 Å². The number of carbonyl (C=O) groups is 1.